The third-order valence-corrected chi connectivity index (χ3v) is 5.45. The number of aryl methyl sites for hydroxylation is 3. The molecule has 0 N–H and O–H groups in total. The minimum absolute atomic E-state index is 0.0556. The number of hydrogen-bond acceptors (Lipinski definition) is 3. The maximum absolute atomic E-state index is 15.1. The van der Waals surface area contributed by atoms with Crippen LogP contribution in [0.5, 0.6) is 5.75 Å². The number of halogens is 1. The van der Waals surface area contributed by atoms with Crippen molar-refractivity contribution in [2.24, 2.45) is 0 Å². The fraction of sp³-hybridized carbons (Fsp3) is 0.370. The van der Waals surface area contributed by atoms with Crippen molar-refractivity contribution in [3.8, 4) is 5.75 Å². The number of ether oxygens (including phenoxy) is 1. The van der Waals surface area contributed by atoms with Crippen LogP contribution in [0.25, 0.3) is 10.8 Å². The molecule has 31 heavy (non-hydrogen) atoms. The number of allylic oxidation sites excluding steroid dienone is 1. The zero-order valence-electron chi connectivity index (χ0n) is 18.3. The molecule has 0 fully saturated rings. The Labute approximate surface area is 183 Å². The second-order valence-electron chi connectivity index (χ2n) is 7.88. The van der Waals surface area contributed by atoms with E-state index in [-0.39, 0.29) is 5.39 Å². The van der Waals surface area contributed by atoms with Crippen LogP contribution in [-0.2, 0) is 19.3 Å². The lowest BCUT2D eigenvalue weighted by molar-refractivity contribution is 0.312. The van der Waals surface area contributed by atoms with Gasteiger partial charge in [-0.2, -0.15) is 0 Å². The van der Waals surface area contributed by atoms with Crippen LogP contribution in [0.1, 0.15) is 55.9 Å². The molecule has 0 aliphatic rings. The second kappa shape index (κ2) is 11.5. The summed E-state index contributed by atoms with van der Waals surface area (Å²) in [4.78, 5) is 12.4. The summed E-state index contributed by atoms with van der Waals surface area (Å²) in [5.41, 5.74) is 1.04. The monoisotopic (exact) mass is 422 g/mol. The molecule has 3 nitrogen and oxygen atoms in total. The third kappa shape index (κ3) is 6.30. The molecule has 1 aromatic heterocycles. The van der Waals surface area contributed by atoms with Crippen molar-refractivity contribution in [2.45, 2.75) is 58.3 Å². The number of fused-ring (bicyclic) bond motifs is 1. The van der Waals surface area contributed by atoms with Gasteiger partial charge in [-0.25, -0.2) is 9.18 Å². The van der Waals surface area contributed by atoms with E-state index < -0.39 is 11.4 Å². The first kappa shape index (κ1) is 22.8. The largest absolute Gasteiger partial charge is 0.494 e. The first-order valence-corrected chi connectivity index (χ1v) is 11.2. The van der Waals surface area contributed by atoms with Gasteiger partial charge >= 0.3 is 5.63 Å². The molecule has 0 aliphatic carbocycles. The van der Waals surface area contributed by atoms with Crippen LogP contribution in [0.2, 0.25) is 0 Å². The van der Waals surface area contributed by atoms with Crippen LogP contribution in [0.4, 0.5) is 4.39 Å². The van der Waals surface area contributed by atoms with Gasteiger partial charge in [-0.15, -0.1) is 6.58 Å². The molecule has 0 saturated heterocycles. The molecule has 0 spiro atoms. The summed E-state index contributed by atoms with van der Waals surface area (Å²) in [6.45, 7) is 6.49. The van der Waals surface area contributed by atoms with Gasteiger partial charge in [0.15, 0.2) is 0 Å². The van der Waals surface area contributed by atoms with Gasteiger partial charge in [0.1, 0.15) is 22.7 Å². The Morgan fingerprint density at radius 3 is 2.58 bits per heavy atom. The molecule has 4 heteroatoms. The van der Waals surface area contributed by atoms with Crippen molar-refractivity contribution in [1.29, 1.82) is 0 Å². The highest BCUT2D eigenvalue weighted by atomic mass is 19.1. The van der Waals surface area contributed by atoms with Crippen molar-refractivity contribution in [3.05, 3.63) is 88.2 Å². The molecule has 0 amide bonds. The smallest absolute Gasteiger partial charge is 0.346 e. The quantitative estimate of drug-likeness (QED) is 0.238. The van der Waals surface area contributed by atoms with Gasteiger partial charge in [0.05, 0.1) is 6.61 Å². The Bertz CT molecular complexity index is 1050. The van der Waals surface area contributed by atoms with Crippen molar-refractivity contribution < 1.29 is 13.5 Å². The Balaban J connectivity index is 1.65. The highest BCUT2D eigenvalue weighted by Crippen LogP contribution is 2.22. The van der Waals surface area contributed by atoms with Crippen LogP contribution in [0.3, 0.4) is 0 Å². The Hall–Kier alpha value is -2.88. The third-order valence-electron chi connectivity index (χ3n) is 5.45. The molecular formula is C27H31FO3. The Morgan fingerprint density at radius 1 is 1.03 bits per heavy atom. The van der Waals surface area contributed by atoms with Crippen molar-refractivity contribution in [1.82, 2.24) is 0 Å². The van der Waals surface area contributed by atoms with Gasteiger partial charge < -0.3 is 9.15 Å². The van der Waals surface area contributed by atoms with Gasteiger partial charge in [-0.3, -0.25) is 0 Å². The zero-order chi connectivity index (χ0) is 22.1. The Kier molecular flexibility index (Phi) is 8.45. The van der Waals surface area contributed by atoms with Crippen molar-refractivity contribution in [3.63, 3.8) is 0 Å². The van der Waals surface area contributed by atoms with Gasteiger partial charge in [-0.05, 0) is 66.8 Å². The molecule has 0 radical (unpaired) electrons. The van der Waals surface area contributed by atoms with Crippen LogP contribution >= 0.6 is 0 Å². The molecule has 0 unspecified atom stereocenters. The lowest BCUT2D eigenvalue weighted by Gasteiger charge is -2.09. The molecule has 1 heterocycles. The summed E-state index contributed by atoms with van der Waals surface area (Å²) in [7, 11) is 0. The summed E-state index contributed by atoms with van der Waals surface area (Å²) in [5.74, 6) is 0.996. The zero-order valence-corrected chi connectivity index (χ0v) is 18.3. The van der Waals surface area contributed by atoms with Gasteiger partial charge in [0.25, 0.3) is 0 Å². The molecule has 164 valence electrons. The maximum atomic E-state index is 15.1. The molecule has 0 saturated carbocycles. The molecule has 0 bridgehead atoms. The molecule has 2 aromatic carbocycles. The summed E-state index contributed by atoms with van der Waals surface area (Å²) < 4.78 is 26.1. The van der Waals surface area contributed by atoms with E-state index in [1.165, 1.54) is 0 Å². The van der Waals surface area contributed by atoms with Crippen LogP contribution < -0.4 is 10.4 Å². The fourth-order valence-electron chi connectivity index (χ4n) is 3.65. The van der Waals surface area contributed by atoms with Gasteiger partial charge in [-0.1, -0.05) is 50.1 Å². The summed E-state index contributed by atoms with van der Waals surface area (Å²) in [5, 5.41) is 0.668. The van der Waals surface area contributed by atoms with E-state index in [1.807, 2.05) is 36.4 Å². The first-order chi connectivity index (χ1) is 15.1. The molecule has 3 aromatic rings. The van der Waals surface area contributed by atoms with E-state index in [9.17, 15) is 4.79 Å². The number of benzene rings is 2. The number of hydrogen-bond donors (Lipinski definition) is 0. The highest BCUT2D eigenvalue weighted by molar-refractivity contribution is 5.82. The molecule has 0 atom stereocenters. The van der Waals surface area contributed by atoms with E-state index in [4.69, 9.17) is 9.15 Å². The minimum Gasteiger partial charge on any atom is -0.494 e. The molecule has 0 aliphatic heterocycles. The van der Waals surface area contributed by atoms with Gasteiger partial charge in [0, 0.05) is 6.42 Å². The maximum Gasteiger partial charge on any atom is 0.346 e. The first-order valence-electron chi connectivity index (χ1n) is 11.2. The molecule has 3 rings (SSSR count). The van der Waals surface area contributed by atoms with E-state index in [0.717, 1.165) is 43.4 Å². The van der Waals surface area contributed by atoms with E-state index in [0.29, 0.717) is 42.6 Å². The standard InChI is InChI=1S/C27H31FO3/c1-3-5-7-9-24-19-22-15-14-21(26(28)25(22)27(29)31-24)13-10-20-11-16-23(17-12-20)30-18-8-6-4-2/h4,11-12,14-17,19H,2-3,5-10,13,18H2,1H3. The average Bonchev–Trinajstić information content (AvgIpc) is 2.77. The lowest BCUT2D eigenvalue weighted by Crippen LogP contribution is -2.07. The van der Waals surface area contributed by atoms with E-state index in [2.05, 4.69) is 13.5 Å². The van der Waals surface area contributed by atoms with Crippen molar-refractivity contribution >= 4 is 10.8 Å². The van der Waals surface area contributed by atoms with Crippen molar-refractivity contribution in [2.75, 3.05) is 6.61 Å². The van der Waals surface area contributed by atoms with E-state index >= 15 is 4.39 Å². The van der Waals surface area contributed by atoms with Crippen LogP contribution in [-0.4, -0.2) is 6.61 Å². The molecular weight excluding hydrogens is 391 g/mol. The van der Waals surface area contributed by atoms with Crippen LogP contribution in [0, 0.1) is 5.82 Å². The predicted octanol–water partition coefficient (Wildman–Crippen LogP) is 6.80. The topological polar surface area (TPSA) is 39.4 Å². The summed E-state index contributed by atoms with van der Waals surface area (Å²) >= 11 is 0. The van der Waals surface area contributed by atoms with E-state index in [1.54, 1.807) is 12.1 Å². The summed E-state index contributed by atoms with van der Waals surface area (Å²) in [6, 6.07) is 13.3. The minimum atomic E-state index is -0.582. The normalized spacial score (nSPS) is 11.0. The fourth-order valence-corrected chi connectivity index (χ4v) is 3.65. The lowest BCUT2D eigenvalue weighted by atomic mass is 10.0. The van der Waals surface area contributed by atoms with Crippen LogP contribution in [0.15, 0.2) is 64.3 Å². The second-order valence-corrected chi connectivity index (χ2v) is 7.88. The highest BCUT2D eigenvalue weighted by Gasteiger charge is 2.13. The Morgan fingerprint density at radius 2 is 1.84 bits per heavy atom. The summed E-state index contributed by atoms with van der Waals surface area (Å²) in [6.07, 6.45) is 8.81. The number of rotatable bonds is 12. The van der Waals surface area contributed by atoms with Gasteiger partial charge in [0.2, 0.25) is 0 Å². The predicted molar refractivity (Wildman–Crippen MR) is 124 cm³/mol. The number of unbranched alkanes of at least 4 members (excludes halogenated alkanes) is 3. The SMILES string of the molecule is C=CCCCOc1ccc(CCc2ccc3cc(CCCCC)oc(=O)c3c2F)cc1. The average molecular weight is 423 g/mol.